The van der Waals surface area contributed by atoms with Crippen LogP contribution in [0.1, 0.15) is 64.9 Å². The third kappa shape index (κ3) is 7.25. The maximum Gasteiger partial charge on any atom is 0.306 e. The van der Waals surface area contributed by atoms with Gasteiger partial charge >= 0.3 is 5.97 Å². The number of ketones is 1. The average Bonchev–Trinajstić information content (AvgIpc) is 3.03. The fourth-order valence-corrected chi connectivity index (χ4v) is 5.45. The Balaban J connectivity index is 1.57. The minimum absolute atomic E-state index is 0.0132. The molecule has 0 aromatic heterocycles. The molecule has 5 heteroatoms. The first-order valence-electron chi connectivity index (χ1n) is 12.5. The van der Waals surface area contributed by atoms with Gasteiger partial charge in [0.25, 0.3) is 0 Å². The Morgan fingerprint density at radius 2 is 1.94 bits per heavy atom. The molecule has 0 radical (unpaired) electrons. The van der Waals surface area contributed by atoms with E-state index in [1.807, 2.05) is 30.3 Å². The number of aliphatic hydroxyl groups excluding tert-OH is 2. The molecule has 2 N–H and O–H groups in total. The summed E-state index contributed by atoms with van der Waals surface area (Å²) in [7, 11) is 0. The predicted molar refractivity (Wildman–Crippen MR) is 128 cm³/mol. The Kier molecular flexibility index (Phi) is 9.27. The number of aliphatic hydroxyl groups is 2. The quantitative estimate of drug-likeness (QED) is 0.422. The van der Waals surface area contributed by atoms with Crippen LogP contribution in [0.3, 0.4) is 0 Å². The van der Waals surface area contributed by atoms with E-state index < -0.39 is 24.0 Å². The fourth-order valence-electron chi connectivity index (χ4n) is 5.45. The Hall–Kier alpha value is -1.98. The van der Waals surface area contributed by atoms with Crippen molar-refractivity contribution in [2.24, 2.45) is 29.6 Å². The van der Waals surface area contributed by atoms with E-state index in [-0.39, 0.29) is 30.7 Å². The van der Waals surface area contributed by atoms with Crippen LogP contribution in [0.5, 0.6) is 0 Å². The van der Waals surface area contributed by atoms with Gasteiger partial charge in [0.15, 0.2) is 0 Å². The van der Waals surface area contributed by atoms with Gasteiger partial charge in [0, 0.05) is 18.3 Å². The summed E-state index contributed by atoms with van der Waals surface area (Å²) in [6, 6.07) is 9.95. The van der Waals surface area contributed by atoms with Crippen molar-refractivity contribution in [2.45, 2.75) is 84.0 Å². The van der Waals surface area contributed by atoms with Gasteiger partial charge in [-0.15, -0.1) is 0 Å². The monoisotopic (exact) mass is 456 g/mol. The molecule has 1 aromatic rings. The smallest absolute Gasteiger partial charge is 0.306 e. The lowest BCUT2D eigenvalue weighted by atomic mass is 9.75. The van der Waals surface area contributed by atoms with Crippen LogP contribution in [0, 0.1) is 29.6 Å². The van der Waals surface area contributed by atoms with Gasteiger partial charge in [-0.2, -0.15) is 0 Å². The van der Waals surface area contributed by atoms with Crippen LogP contribution in [-0.4, -0.2) is 40.3 Å². The number of carbonyl (C=O) groups excluding carboxylic acids is 2. The van der Waals surface area contributed by atoms with E-state index in [0.29, 0.717) is 24.2 Å². The number of hydrogen-bond acceptors (Lipinski definition) is 5. The van der Waals surface area contributed by atoms with Gasteiger partial charge in [-0.1, -0.05) is 69.7 Å². The van der Waals surface area contributed by atoms with Crippen molar-refractivity contribution in [3.05, 3.63) is 48.0 Å². The topological polar surface area (TPSA) is 83.8 Å². The molecule has 182 valence electrons. The van der Waals surface area contributed by atoms with Crippen LogP contribution in [0.2, 0.25) is 0 Å². The van der Waals surface area contributed by atoms with Crippen molar-refractivity contribution in [3.63, 3.8) is 0 Å². The van der Waals surface area contributed by atoms with Crippen molar-refractivity contribution < 1.29 is 24.5 Å². The van der Waals surface area contributed by atoms with Gasteiger partial charge in [0.1, 0.15) is 11.9 Å². The molecule has 0 bridgehead atoms. The number of Topliss-reactive ketones (excluding diaryl/α,β-unsaturated/α-hetero) is 1. The number of esters is 1. The van der Waals surface area contributed by atoms with Crippen LogP contribution in [0.25, 0.3) is 0 Å². The van der Waals surface area contributed by atoms with Crippen LogP contribution in [0.15, 0.2) is 42.5 Å². The van der Waals surface area contributed by atoms with Gasteiger partial charge in [-0.25, -0.2) is 0 Å². The number of aryl methyl sites for hydroxylation is 1. The molecule has 5 nitrogen and oxygen atoms in total. The molecule has 2 aliphatic carbocycles. The third-order valence-electron chi connectivity index (χ3n) is 7.49. The predicted octanol–water partition coefficient (Wildman–Crippen LogP) is 4.50. The van der Waals surface area contributed by atoms with E-state index in [2.05, 4.69) is 20.8 Å². The highest BCUT2D eigenvalue weighted by molar-refractivity contribution is 5.88. The zero-order valence-corrected chi connectivity index (χ0v) is 20.2. The summed E-state index contributed by atoms with van der Waals surface area (Å²) in [5.74, 6) is -0.198. The molecule has 2 aliphatic rings. The zero-order chi connectivity index (χ0) is 24.0. The third-order valence-corrected chi connectivity index (χ3v) is 7.49. The molecule has 1 aromatic carbocycles. The molecule has 2 fully saturated rings. The van der Waals surface area contributed by atoms with E-state index in [4.69, 9.17) is 4.74 Å². The summed E-state index contributed by atoms with van der Waals surface area (Å²) in [6.07, 6.45) is 6.20. The maximum absolute atomic E-state index is 12.8. The normalized spacial score (nSPS) is 31.3. The second kappa shape index (κ2) is 11.9. The lowest BCUT2D eigenvalue weighted by Crippen LogP contribution is -2.36. The van der Waals surface area contributed by atoms with Crippen LogP contribution >= 0.6 is 0 Å². The van der Waals surface area contributed by atoms with E-state index in [9.17, 15) is 19.8 Å². The summed E-state index contributed by atoms with van der Waals surface area (Å²) >= 11 is 0. The second-order valence-electron chi connectivity index (χ2n) is 10.5. The van der Waals surface area contributed by atoms with Crippen LogP contribution in [-0.2, 0) is 20.7 Å². The van der Waals surface area contributed by atoms with E-state index in [1.165, 1.54) is 0 Å². The summed E-state index contributed by atoms with van der Waals surface area (Å²) in [4.78, 5) is 25.3. The molecule has 33 heavy (non-hydrogen) atoms. The molecule has 0 aliphatic heterocycles. The van der Waals surface area contributed by atoms with E-state index in [0.717, 1.165) is 31.2 Å². The summed E-state index contributed by atoms with van der Waals surface area (Å²) in [5.41, 5.74) is 1.15. The molecular formula is C28H40O5. The average molecular weight is 457 g/mol. The molecule has 0 heterocycles. The summed E-state index contributed by atoms with van der Waals surface area (Å²) < 4.78 is 5.90. The zero-order valence-electron chi connectivity index (χ0n) is 20.2. The standard InChI is InChI=1S/C28H40O5/c1-18(2)22-13-9-19(3)15-27(22)33-28(32)16-24-23(25(30)17-26(24)31)14-12-21(29)11-10-20-7-5-4-6-8-20/h4-8,12,14,18-19,21-25,27,29-30H,9-11,13,15-17H2,1-3H3/b14-12+/t19-,21+,22+,23-,24-,25-,27-/m1/s1. The summed E-state index contributed by atoms with van der Waals surface area (Å²) in [6.45, 7) is 6.53. The molecule has 3 rings (SSSR count). The summed E-state index contributed by atoms with van der Waals surface area (Å²) in [5, 5.41) is 20.8. The molecular weight excluding hydrogens is 416 g/mol. The highest BCUT2D eigenvalue weighted by atomic mass is 16.5. The van der Waals surface area contributed by atoms with Gasteiger partial charge in [-0.3, -0.25) is 9.59 Å². The molecule has 0 amide bonds. The first-order chi connectivity index (χ1) is 15.7. The molecule has 0 unspecified atom stereocenters. The molecule has 0 spiro atoms. The number of carbonyl (C=O) groups is 2. The Bertz CT molecular complexity index is 802. The van der Waals surface area contributed by atoms with Crippen molar-refractivity contribution in [3.8, 4) is 0 Å². The number of ether oxygens (including phenoxy) is 1. The highest BCUT2D eigenvalue weighted by Crippen LogP contribution is 2.37. The van der Waals surface area contributed by atoms with Crippen molar-refractivity contribution in [2.75, 3.05) is 0 Å². The van der Waals surface area contributed by atoms with Gasteiger partial charge in [0.05, 0.1) is 18.6 Å². The Morgan fingerprint density at radius 1 is 1.21 bits per heavy atom. The largest absolute Gasteiger partial charge is 0.462 e. The van der Waals surface area contributed by atoms with Crippen molar-refractivity contribution in [1.29, 1.82) is 0 Å². The first-order valence-corrected chi connectivity index (χ1v) is 12.5. The Morgan fingerprint density at radius 3 is 2.64 bits per heavy atom. The highest BCUT2D eigenvalue weighted by Gasteiger charge is 2.42. The minimum atomic E-state index is -0.828. The van der Waals surface area contributed by atoms with Crippen LogP contribution < -0.4 is 0 Å². The number of hydrogen-bond donors (Lipinski definition) is 2. The maximum atomic E-state index is 12.8. The lowest BCUT2D eigenvalue weighted by Gasteiger charge is -2.36. The molecule has 7 atom stereocenters. The number of benzene rings is 1. The lowest BCUT2D eigenvalue weighted by molar-refractivity contribution is -0.158. The van der Waals surface area contributed by atoms with Crippen molar-refractivity contribution >= 4 is 11.8 Å². The van der Waals surface area contributed by atoms with Gasteiger partial charge in [0.2, 0.25) is 0 Å². The molecule has 0 saturated heterocycles. The molecule has 2 saturated carbocycles. The van der Waals surface area contributed by atoms with E-state index in [1.54, 1.807) is 12.2 Å². The minimum Gasteiger partial charge on any atom is -0.462 e. The fraction of sp³-hybridized carbons (Fsp3) is 0.643. The Labute approximate surface area is 198 Å². The number of rotatable bonds is 9. The van der Waals surface area contributed by atoms with Gasteiger partial charge in [-0.05, 0) is 49.0 Å². The SMILES string of the molecule is CC(C)[C@@H]1CC[C@@H](C)C[C@H]1OC(=O)C[C@H]1C(=O)C[C@@H](O)[C@@H]1/C=C/[C@@H](O)CCc1ccccc1. The second-order valence-corrected chi connectivity index (χ2v) is 10.5. The van der Waals surface area contributed by atoms with E-state index >= 15 is 0 Å². The first kappa shape index (κ1) is 25.6. The van der Waals surface area contributed by atoms with Gasteiger partial charge < -0.3 is 14.9 Å². The van der Waals surface area contributed by atoms with Crippen molar-refractivity contribution in [1.82, 2.24) is 0 Å². The van der Waals surface area contributed by atoms with Crippen LogP contribution in [0.4, 0.5) is 0 Å².